The van der Waals surface area contributed by atoms with E-state index in [1.165, 1.54) is 6.42 Å². The number of aromatic nitrogens is 2. The Hall–Kier alpha value is -2.50. The first-order valence-electron chi connectivity index (χ1n) is 9.24. The first-order chi connectivity index (χ1) is 12.5. The van der Waals surface area contributed by atoms with Gasteiger partial charge in [0.25, 0.3) is 5.91 Å². The van der Waals surface area contributed by atoms with Crippen molar-refractivity contribution in [3.05, 3.63) is 35.2 Å². The van der Waals surface area contributed by atoms with Gasteiger partial charge in [-0.25, -0.2) is 14.8 Å². The fraction of sp³-hybridized carbons (Fsp3) is 0.500. The Labute approximate surface area is 153 Å². The first-order valence-corrected chi connectivity index (χ1v) is 9.24. The van der Waals surface area contributed by atoms with Gasteiger partial charge in [-0.1, -0.05) is 19.3 Å². The maximum Gasteiger partial charge on any atom is 0.338 e. The van der Waals surface area contributed by atoms with Crippen molar-refractivity contribution in [1.29, 1.82) is 0 Å². The van der Waals surface area contributed by atoms with Crippen LogP contribution in [0.4, 0.5) is 0 Å². The van der Waals surface area contributed by atoms with Crippen LogP contribution in [-0.2, 0) is 9.53 Å². The first kappa shape index (κ1) is 18.3. The van der Waals surface area contributed by atoms with Gasteiger partial charge in [0.15, 0.2) is 6.61 Å². The molecule has 3 rings (SSSR count). The lowest BCUT2D eigenvalue weighted by molar-refractivity contribution is -0.134. The van der Waals surface area contributed by atoms with E-state index in [1.54, 1.807) is 18.2 Å². The SMILES string of the molecule is Cc1nc2ccc(C(=O)OCC(=O)N3CCCCCCC3)cc2nc1C. The highest BCUT2D eigenvalue weighted by Gasteiger charge is 2.17. The summed E-state index contributed by atoms with van der Waals surface area (Å²) < 4.78 is 5.24. The summed E-state index contributed by atoms with van der Waals surface area (Å²) in [5, 5.41) is 0. The molecule has 6 heteroatoms. The van der Waals surface area contributed by atoms with E-state index >= 15 is 0 Å². The lowest BCUT2D eigenvalue weighted by atomic mass is 10.1. The van der Waals surface area contributed by atoms with Gasteiger partial charge in [0.2, 0.25) is 0 Å². The largest absolute Gasteiger partial charge is 0.452 e. The third-order valence-electron chi connectivity index (χ3n) is 4.85. The molecule has 1 aromatic heterocycles. The molecule has 1 saturated heterocycles. The van der Waals surface area contributed by atoms with Crippen LogP contribution >= 0.6 is 0 Å². The van der Waals surface area contributed by atoms with Crippen LogP contribution in [0.1, 0.15) is 53.8 Å². The zero-order valence-electron chi connectivity index (χ0n) is 15.5. The van der Waals surface area contributed by atoms with Crippen LogP contribution in [0.15, 0.2) is 18.2 Å². The summed E-state index contributed by atoms with van der Waals surface area (Å²) >= 11 is 0. The number of esters is 1. The van der Waals surface area contributed by atoms with Crippen LogP contribution in [-0.4, -0.2) is 46.4 Å². The number of rotatable bonds is 3. The smallest absolute Gasteiger partial charge is 0.338 e. The number of amides is 1. The van der Waals surface area contributed by atoms with Crippen molar-refractivity contribution < 1.29 is 14.3 Å². The van der Waals surface area contributed by atoms with Crippen molar-refractivity contribution in [2.24, 2.45) is 0 Å². The molecular formula is C20H25N3O3. The predicted molar refractivity (Wildman–Crippen MR) is 99.0 cm³/mol. The van der Waals surface area contributed by atoms with Crippen molar-refractivity contribution in [3.63, 3.8) is 0 Å². The van der Waals surface area contributed by atoms with Gasteiger partial charge in [-0.3, -0.25) is 4.79 Å². The number of nitrogens with zero attached hydrogens (tertiary/aromatic N) is 3. The number of hydrogen-bond donors (Lipinski definition) is 0. The number of hydrogen-bond acceptors (Lipinski definition) is 5. The normalized spacial score (nSPS) is 15.4. The maximum atomic E-state index is 12.3. The Morgan fingerprint density at radius 2 is 1.58 bits per heavy atom. The van der Waals surface area contributed by atoms with E-state index in [2.05, 4.69) is 9.97 Å². The van der Waals surface area contributed by atoms with Crippen LogP contribution in [0.5, 0.6) is 0 Å². The highest BCUT2D eigenvalue weighted by molar-refractivity contribution is 5.94. The summed E-state index contributed by atoms with van der Waals surface area (Å²) in [6, 6.07) is 5.08. The second kappa shape index (κ2) is 8.25. The lowest BCUT2D eigenvalue weighted by Crippen LogP contribution is -2.36. The maximum absolute atomic E-state index is 12.3. The Bertz CT molecular complexity index is 811. The van der Waals surface area contributed by atoms with Crippen molar-refractivity contribution in [3.8, 4) is 0 Å². The molecule has 2 heterocycles. The minimum Gasteiger partial charge on any atom is -0.452 e. The van der Waals surface area contributed by atoms with E-state index < -0.39 is 5.97 Å². The molecule has 0 saturated carbocycles. The summed E-state index contributed by atoms with van der Waals surface area (Å²) in [6.45, 7) is 5.08. The Morgan fingerprint density at radius 1 is 0.962 bits per heavy atom. The number of benzene rings is 1. The molecule has 2 aromatic rings. The van der Waals surface area contributed by atoms with E-state index in [0.29, 0.717) is 11.1 Å². The topological polar surface area (TPSA) is 72.4 Å². The molecular weight excluding hydrogens is 330 g/mol. The summed E-state index contributed by atoms with van der Waals surface area (Å²) in [7, 11) is 0. The molecule has 1 amide bonds. The van der Waals surface area contributed by atoms with Gasteiger partial charge in [-0.05, 0) is 44.9 Å². The van der Waals surface area contributed by atoms with Gasteiger partial charge >= 0.3 is 5.97 Å². The summed E-state index contributed by atoms with van der Waals surface area (Å²) in [4.78, 5) is 35.4. The van der Waals surface area contributed by atoms with Crippen LogP contribution < -0.4 is 0 Å². The Morgan fingerprint density at radius 3 is 2.27 bits per heavy atom. The van der Waals surface area contributed by atoms with Crippen LogP contribution in [0.2, 0.25) is 0 Å². The van der Waals surface area contributed by atoms with Crippen LogP contribution in [0.25, 0.3) is 11.0 Å². The van der Waals surface area contributed by atoms with Gasteiger partial charge in [0.05, 0.1) is 28.0 Å². The summed E-state index contributed by atoms with van der Waals surface area (Å²) in [5.41, 5.74) is 3.47. The van der Waals surface area contributed by atoms with E-state index in [9.17, 15) is 9.59 Å². The summed E-state index contributed by atoms with van der Waals surface area (Å²) in [5.74, 6) is -0.625. The average molecular weight is 355 g/mol. The van der Waals surface area contributed by atoms with Crippen LogP contribution in [0.3, 0.4) is 0 Å². The number of likely N-dealkylation sites (tertiary alicyclic amines) is 1. The molecule has 1 aliphatic rings. The highest BCUT2D eigenvalue weighted by Crippen LogP contribution is 2.15. The van der Waals surface area contributed by atoms with Crippen molar-refractivity contribution in [1.82, 2.24) is 14.9 Å². The van der Waals surface area contributed by atoms with Gasteiger partial charge in [0.1, 0.15) is 0 Å². The van der Waals surface area contributed by atoms with E-state index in [1.807, 2.05) is 18.7 Å². The molecule has 1 aliphatic heterocycles. The van der Waals surface area contributed by atoms with Gasteiger partial charge in [0, 0.05) is 13.1 Å². The van der Waals surface area contributed by atoms with E-state index in [0.717, 1.165) is 55.7 Å². The molecule has 26 heavy (non-hydrogen) atoms. The van der Waals surface area contributed by atoms with E-state index in [4.69, 9.17) is 4.74 Å². The molecule has 0 radical (unpaired) electrons. The van der Waals surface area contributed by atoms with Gasteiger partial charge in [-0.15, -0.1) is 0 Å². The van der Waals surface area contributed by atoms with Crippen molar-refractivity contribution in [2.45, 2.75) is 46.0 Å². The Balaban J connectivity index is 1.63. The minimum absolute atomic E-state index is 0.118. The molecule has 1 aromatic carbocycles. The molecule has 0 N–H and O–H groups in total. The number of carbonyl (C=O) groups excluding carboxylic acids is 2. The molecule has 0 atom stereocenters. The minimum atomic E-state index is -0.507. The van der Waals surface area contributed by atoms with Crippen molar-refractivity contribution in [2.75, 3.05) is 19.7 Å². The highest BCUT2D eigenvalue weighted by atomic mass is 16.5. The monoisotopic (exact) mass is 355 g/mol. The zero-order chi connectivity index (χ0) is 18.5. The molecule has 0 bridgehead atoms. The fourth-order valence-electron chi connectivity index (χ4n) is 3.16. The van der Waals surface area contributed by atoms with Gasteiger partial charge < -0.3 is 9.64 Å². The molecule has 0 spiro atoms. The average Bonchev–Trinajstić information content (AvgIpc) is 2.59. The second-order valence-corrected chi connectivity index (χ2v) is 6.82. The molecule has 0 unspecified atom stereocenters. The Kier molecular flexibility index (Phi) is 5.81. The molecule has 1 fully saturated rings. The molecule has 138 valence electrons. The standard InChI is InChI=1S/C20H25N3O3/c1-14-15(2)22-18-12-16(8-9-17(18)21-14)20(25)26-13-19(24)23-10-6-4-3-5-7-11-23/h8-9,12H,3-7,10-11,13H2,1-2H3. The number of aryl methyl sites for hydroxylation is 2. The third kappa shape index (κ3) is 4.36. The summed E-state index contributed by atoms with van der Waals surface area (Å²) in [6.07, 6.45) is 5.58. The third-order valence-corrected chi connectivity index (χ3v) is 4.85. The van der Waals surface area contributed by atoms with E-state index in [-0.39, 0.29) is 12.5 Å². The van der Waals surface area contributed by atoms with Crippen molar-refractivity contribution >= 4 is 22.9 Å². The quantitative estimate of drug-likeness (QED) is 0.791. The zero-order valence-corrected chi connectivity index (χ0v) is 15.5. The molecule has 0 aliphatic carbocycles. The number of carbonyl (C=O) groups is 2. The van der Waals surface area contributed by atoms with Gasteiger partial charge in [-0.2, -0.15) is 0 Å². The number of ether oxygens (including phenoxy) is 1. The lowest BCUT2D eigenvalue weighted by Gasteiger charge is -2.24. The predicted octanol–water partition coefficient (Wildman–Crippen LogP) is 3.20. The second-order valence-electron chi connectivity index (χ2n) is 6.82. The molecule has 6 nitrogen and oxygen atoms in total. The number of fused-ring (bicyclic) bond motifs is 1. The fourth-order valence-corrected chi connectivity index (χ4v) is 3.16. The van der Waals surface area contributed by atoms with Crippen LogP contribution in [0, 0.1) is 13.8 Å².